The second kappa shape index (κ2) is 11.8. The van der Waals surface area contributed by atoms with E-state index >= 15 is 0 Å². The number of piperidine rings is 1. The third kappa shape index (κ3) is 12.2. The van der Waals surface area contributed by atoms with E-state index in [4.69, 9.17) is 4.74 Å². The van der Waals surface area contributed by atoms with Gasteiger partial charge in [0.2, 0.25) is 0 Å². The molecule has 1 atom stereocenters. The molecule has 1 aliphatic rings. The molecule has 0 bridgehead atoms. The summed E-state index contributed by atoms with van der Waals surface area (Å²) in [6.07, 6.45) is -3.65. The lowest BCUT2D eigenvalue weighted by atomic mass is 9.98. The zero-order valence-corrected chi connectivity index (χ0v) is 18.8. The molecule has 1 rings (SSSR count). The summed E-state index contributed by atoms with van der Waals surface area (Å²) in [5, 5.41) is 5.64. The Kier molecular flexibility index (Phi) is 11.4. The highest BCUT2D eigenvalue weighted by atomic mass is 127. The number of likely N-dealkylation sites (tertiary alicyclic amines) is 1. The summed E-state index contributed by atoms with van der Waals surface area (Å²) in [7, 11) is 0. The van der Waals surface area contributed by atoms with Crippen LogP contribution in [0.5, 0.6) is 0 Å². The van der Waals surface area contributed by atoms with Crippen molar-refractivity contribution in [2.75, 3.05) is 32.7 Å². The van der Waals surface area contributed by atoms with Gasteiger partial charge in [-0.25, -0.2) is 4.79 Å². The minimum Gasteiger partial charge on any atom is -0.444 e. The molecule has 0 radical (unpaired) electrons. The molecule has 0 aromatic rings. The number of amides is 1. The average Bonchev–Trinajstić information content (AvgIpc) is 2.50. The largest absolute Gasteiger partial charge is 0.444 e. The summed E-state index contributed by atoms with van der Waals surface area (Å²) in [4.78, 5) is 18.2. The third-order valence-corrected chi connectivity index (χ3v) is 3.72. The Bertz CT molecular complexity index is 482. The van der Waals surface area contributed by atoms with Gasteiger partial charge in [-0.3, -0.25) is 4.99 Å². The molecule has 27 heavy (non-hydrogen) atoms. The molecule has 1 aliphatic heterocycles. The number of aliphatic imine (C=N–C) groups is 1. The number of hydrogen-bond donors (Lipinski definition) is 2. The number of carbonyl (C=O) groups is 1. The lowest BCUT2D eigenvalue weighted by Gasteiger charge is -2.33. The summed E-state index contributed by atoms with van der Waals surface area (Å²) in [6, 6.07) is 0. The molecule has 1 amide bonds. The predicted molar refractivity (Wildman–Crippen MR) is 111 cm³/mol. The van der Waals surface area contributed by atoms with Crippen LogP contribution in [-0.4, -0.2) is 61.5 Å². The fourth-order valence-corrected chi connectivity index (χ4v) is 2.59. The molecule has 1 fully saturated rings. The highest BCUT2D eigenvalue weighted by molar-refractivity contribution is 14.0. The van der Waals surface area contributed by atoms with Crippen molar-refractivity contribution < 1.29 is 22.7 Å². The maximum atomic E-state index is 12.3. The number of hydrogen-bond acceptors (Lipinski definition) is 3. The van der Waals surface area contributed by atoms with E-state index in [0.29, 0.717) is 32.1 Å². The molecule has 0 aromatic heterocycles. The Hall–Kier alpha value is -0.940. The van der Waals surface area contributed by atoms with Crippen LogP contribution in [0.3, 0.4) is 0 Å². The number of ether oxygens (including phenoxy) is 1. The van der Waals surface area contributed by atoms with Gasteiger partial charge in [-0.1, -0.05) is 0 Å². The van der Waals surface area contributed by atoms with Crippen LogP contribution in [0.1, 0.15) is 47.0 Å². The fraction of sp³-hybridized carbons (Fsp3) is 0.882. The molecule has 160 valence electrons. The molecule has 6 nitrogen and oxygen atoms in total. The van der Waals surface area contributed by atoms with Crippen LogP contribution in [0.2, 0.25) is 0 Å². The number of halogens is 4. The van der Waals surface area contributed by atoms with Gasteiger partial charge in [0, 0.05) is 32.7 Å². The van der Waals surface area contributed by atoms with Gasteiger partial charge in [-0.2, -0.15) is 13.2 Å². The number of nitrogens with zero attached hydrogens (tertiary/aromatic N) is 2. The van der Waals surface area contributed by atoms with E-state index in [1.807, 2.05) is 27.7 Å². The van der Waals surface area contributed by atoms with E-state index in [2.05, 4.69) is 15.6 Å². The van der Waals surface area contributed by atoms with E-state index < -0.39 is 18.2 Å². The molecule has 2 N–H and O–H groups in total. The summed E-state index contributed by atoms with van der Waals surface area (Å²) in [5.74, 6) is 0.528. The Morgan fingerprint density at radius 3 is 2.48 bits per heavy atom. The second-order valence-corrected chi connectivity index (χ2v) is 7.45. The van der Waals surface area contributed by atoms with Crippen molar-refractivity contribution in [3.63, 3.8) is 0 Å². The second-order valence-electron chi connectivity index (χ2n) is 7.45. The monoisotopic (exact) mass is 508 g/mol. The zero-order valence-electron chi connectivity index (χ0n) is 16.5. The van der Waals surface area contributed by atoms with Crippen molar-refractivity contribution in [2.45, 2.75) is 58.7 Å². The number of alkyl halides is 3. The first-order valence-electron chi connectivity index (χ1n) is 9.07. The minimum absolute atomic E-state index is 0. The van der Waals surface area contributed by atoms with Crippen LogP contribution in [0.4, 0.5) is 18.0 Å². The molecule has 0 aromatic carbocycles. The van der Waals surface area contributed by atoms with Crippen LogP contribution in [-0.2, 0) is 4.74 Å². The first kappa shape index (κ1) is 26.1. The summed E-state index contributed by atoms with van der Waals surface area (Å²) < 4.78 is 42.2. The molecule has 0 aliphatic carbocycles. The maximum Gasteiger partial charge on any atom is 0.410 e. The highest BCUT2D eigenvalue weighted by Crippen LogP contribution is 2.20. The standard InChI is InChI=1S/C17H31F3N4O2.HI/c1-5-21-14(22-9-8-17(18,19)20)23-11-13-7-6-10-24(12-13)15(25)26-16(2,3)4;/h13H,5-12H2,1-4H3,(H2,21,22,23);1H. The van der Waals surface area contributed by atoms with Crippen molar-refractivity contribution in [1.29, 1.82) is 0 Å². The third-order valence-electron chi connectivity index (χ3n) is 3.72. The molecule has 1 heterocycles. The summed E-state index contributed by atoms with van der Waals surface area (Å²) >= 11 is 0. The SMILES string of the molecule is CCNC(=NCC1CCCN(C(=O)OC(C)(C)C)C1)NCCC(F)(F)F.I. The topological polar surface area (TPSA) is 66.0 Å². The van der Waals surface area contributed by atoms with Crippen LogP contribution in [0.25, 0.3) is 0 Å². The Labute approximate surface area is 176 Å². The predicted octanol–water partition coefficient (Wildman–Crippen LogP) is 3.76. The molecule has 1 saturated heterocycles. The van der Waals surface area contributed by atoms with E-state index in [9.17, 15) is 18.0 Å². The Balaban J connectivity index is 0.00000676. The molecular formula is C17H32F3IN4O2. The van der Waals surface area contributed by atoms with Crippen molar-refractivity contribution >= 4 is 36.0 Å². The van der Waals surface area contributed by atoms with Crippen molar-refractivity contribution in [3.8, 4) is 0 Å². The Morgan fingerprint density at radius 1 is 1.26 bits per heavy atom. The van der Waals surface area contributed by atoms with E-state index in [-0.39, 0.29) is 42.5 Å². The van der Waals surface area contributed by atoms with Crippen molar-refractivity contribution in [3.05, 3.63) is 0 Å². The summed E-state index contributed by atoms with van der Waals surface area (Å²) in [6.45, 7) is 9.31. The lowest BCUT2D eigenvalue weighted by Crippen LogP contribution is -2.44. The van der Waals surface area contributed by atoms with Gasteiger partial charge in [0.15, 0.2) is 5.96 Å². The van der Waals surface area contributed by atoms with E-state index in [1.165, 1.54) is 0 Å². The highest BCUT2D eigenvalue weighted by Gasteiger charge is 2.28. The van der Waals surface area contributed by atoms with Gasteiger partial charge in [-0.15, -0.1) is 24.0 Å². The first-order valence-corrected chi connectivity index (χ1v) is 9.07. The molecular weight excluding hydrogens is 476 g/mol. The molecule has 1 unspecified atom stereocenters. The van der Waals surface area contributed by atoms with Crippen molar-refractivity contribution in [2.24, 2.45) is 10.9 Å². The van der Waals surface area contributed by atoms with Gasteiger partial charge in [0.25, 0.3) is 0 Å². The van der Waals surface area contributed by atoms with Gasteiger partial charge in [0.1, 0.15) is 5.60 Å². The number of rotatable bonds is 5. The van der Waals surface area contributed by atoms with E-state index in [0.717, 1.165) is 12.8 Å². The lowest BCUT2D eigenvalue weighted by molar-refractivity contribution is -0.132. The maximum absolute atomic E-state index is 12.3. The number of carbonyl (C=O) groups excluding carboxylic acids is 1. The Morgan fingerprint density at radius 2 is 1.93 bits per heavy atom. The molecule has 0 saturated carbocycles. The van der Waals surface area contributed by atoms with Crippen LogP contribution in [0.15, 0.2) is 4.99 Å². The number of nitrogens with one attached hydrogen (secondary N) is 2. The van der Waals surface area contributed by atoms with Crippen LogP contribution >= 0.6 is 24.0 Å². The zero-order chi connectivity index (χ0) is 19.8. The van der Waals surface area contributed by atoms with Gasteiger partial charge >= 0.3 is 12.3 Å². The summed E-state index contributed by atoms with van der Waals surface area (Å²) in [5.41, 5.74) is -0.539. The van der Waals surface area contributed by atoms with Gasteiger partial charge < -0.3 is 20.3 Å². The minimum atomic E-state index is -4.19. The first-order chi connectivity index (χ1) is 12.0. The number of guanidine groups is 1. The van der Waals surface area contributed by atoms with Crippen LogP contribution in [0, 0.1) is 5.92 Å². The van der Waals surface area contributed by atoms with Gasteiger partial charge in [0.05, 0.1) is 6.42 Å². The smallest absolute Gasteiger partial charge is 0.410 e. The quantitative estimate of drug-likeness (QED) is 0.337. The fourth-order valence-electron chi connectivity index (χ4n) is 2.59. The molecule has 0 spiro atoms. The molecule has 10 heteroatoms. The van der Waals surface area contributed by atoms with E-state index in [1.54, 1.807) is 4.90 Å². The van der Waals surface area contributed by atoms with Gasteiger partial charge in [-0.05, 0) is 46.5 Å². The van der Waals surface area contributed by atoms with Crippen molar-refractivity contribution in [1.82, 2.24) is 15.5 Å². The van der Waals surface area contributed by atoms with Crippen LogP contribution < -0.4 is 10.6 Å². The normalized spacial score (nSPS) is 18.6. The average molecular weight is 508 g/mol.